The second-order valence-electron chi connectivity index (χ2n) is 3.61. The molecule has 1 aromatic carbocycles. The van der Waals surface area contributed by atoms with Gasteiger partial charge in [0.1, 0.15) is 5.60 Å². The summed E-state index contributed by atoms with van der Waals surface area (Å²) in [6, 6.07) is 9.93. The zero-order valence-electron chi connectivity index (χ0n) is 7.98. The summed E-state index contributed by atoms with van der Waals surface area (Å²) in [6.07, 6.45) is 0. The van der Waals surface area contributed by atoms with Gasteiger partial charge >= 0.3 is 0 Å². The molecule has 3 heteroatoms. The first kappa shape index (κ1) is 9.65. The maximum atomic E-state index is 9.11. The summed E-state index contributed by atoms with van der Waals surface area (Å²) in [5.74, 6) is 0. The van der Waals surface area contributed by atoms with Crippen molar-refractivity contribution in [2.24, 2.45) is 0 Å². The lowest BCUT2D eigenvalue weighted by molar-refractivity contribution is -0.230. The molecule has 0 bridgehead atoms. The lowest BCUT2D eigenvalue weighted by atomic mass is 10.0. The van der Waals surface area contributed by atoms with E-state index in [2.05, 4.69) is 0 Å². The smallest absolute Gasteiger partial charge is 0.138 e. The van der Waals surface area contributed by atoms with Crippen LogP contribution in [0.4, 0.5) is 0 Å². The standard InChI is InChI=1S/C11H14O3/c12-7-11(8-13-9-11)14-6-10-4-2-1-3-5-10/h1-5,12H,6-9H2. The Morgan fingerprint density at radius 3 is 2.50 bits per heavy atom. The van der Waals surface area contributed by atoms with Gasteiger partial charge in [-0.25, -0.2) is 0 Å². The molecule has 0 radical (unpaired) electrons. The van der Waals surface area contributed by atoms with Crippen molar-refractivity contribution < 1.29 is 14.6 Å². The highest BCUT2D eigenvalue weighted by Gasteiger charge is 2.39. The van der Waals surface area contributed by atoms with E-state index in [0.717, 1.165) is 5.56 Å². The molecule has 0 spiro atoms. The van der Waals surface area contributed by atoms with Gasteiger partial charge in [-0.1, -0.05) is 30.3 Å². The summed E-state index contributed by atoms with van der Waals surface area (Å²) in [4.78, 5) is 0. The van der Waals surface area contributed by atoms with Gasteiger partial charge in [-0.3, -0.25) is 0 Å². The first-order valence-electron chi connectivity index (χ1n) is 4.71. The van der Waals surface area contributed by atoms with Crippen LogP contribution in [0.1, 0.15) is 5.56 Å². The van der Waals surface area contributed by atoms with Crippen LogP contribution in [0.5, 0.6) is 0 Å². The van der Waals surface area contributed by atoms with Crippen molar-refractivity contribution >= 4 is 0 Å². The minimum absolute atomic E-state index is 0.0276. The van der Waals surface area contributed by atoms with Crippen molar-refractivity contribution in [1.82, 2.24) is 0 Å². The lowest BCUT2D eigenvalue weighted by Crippen LogP contribution is -2.54. The molecular formula is C11H14O3. The van der Waals surface area contributed by atoms with E-state index >= 15 is 0 Å². The zero-order valence-corrected chi connectivity index (χ0v) is 7.98. The topological polar surface area (TPSA) is 38.7 Å². The number of hydrogen-bond donors (Lipinski definition) is 1. The third kappa shape index (κ3) is 1.95. The highest BCUT2D eigenvalue weighted by molar-refractivity contribution is 5.13. The van der Waals surface area contributed by atoms with Gasteiger partial charge in [0.2, 0.25) is 0 Å². The fourth-order valence-electron chi connectivity index (χ4n) is 1.36. The van der Waals surface area contributed by atoms with Crippen LogP contribution in [0, 0.1) is 0 Å². The quantitative estimate of drug-likeness (QED) is 0.776. The first-order chi connectivity index (χ1) is 6.85. The van der Waals surface area contributed by atoms with Gasteiger partial charge in [0, 0.05) is 0 Å². The molecular weight excluding hydrogens is 180 g/mol. The number of hydrogen-bond acceptors (Lipinski definition) is 3. The van der Waals surface area contributed by atoms with Gasteiger partial charge in [-0.05, 0) is 5.56 Å². The molecule has 0 amide bonds. The van der Waals surface area contributed by atoms with Crippen molar-refractivity contribution in [3.05, 3.63) is 35.9 Å². The van der Waals surface area contributed by atoms with Crippen LogP contribution < -0.4 is 0 Å². The number of aliphatic hydroxyl groups is 1. The summed E-state index contributed by atoms with van der Waals surface area (Å²) in [5, 5.41) is 9.11. The summed E-state index contributed by atoms with van der Waals surface area (Å²) < 4.78 is 10.7. The normalized spacial score (nSPS) is 18.9. The van der Waals surface area contributed by atoms with Gasteiger partial charge in [0.25, 0.3) is 0 Å². The number of benzene rings is 1. The van der Waals surface area contributed by atoms with Crippen LogP contribution in [0.25, 0.3) is 0 Å². The number of ether oxygens (including phenoxy) is 2. The number of aliphatic hydroxyl groups excluding tert-OH is 1. The molecule has 1 aliphatic rings. The molecule has 76 valence electrons. The average Bonchev–Trinajstić information content (AvgIpc) is 2.19. The minimum Gasteiger partial charge on any atom is -0.393 e. The van der Waals surface area contributed by atoms with E-state index in [1.165, 1.54) is 0 Å². The van der Waals surface area contributed by atoms with Crippen LogP contribution in [0.2, 0.25) is 0 Å². The molecule has 1 saturated heterocycles. The van der Waals surface area contributed by atoms with E-state index in [1.54, 1.807) is 0 Å². The molecule has 1 N–H and O–H groups in total. The zero-order chi connectivity index (χ0) is 9.86. The van der Waals surface area contributed by atoms with E-state index in [-0.39, 0.29) is 6.61 Å². The van der Waals surface area contributed by atoms with Gasteiger partial charge < -0.3 is 14.6 Å². The van der Waals surface area contributed by atoms with Crippen molar-refractivity contribution in [2.45, 2.75) is 12.2 Å². The third-order valence-electron chi connectivity index (χ3n) is 2.41. The fraction of sp³-hybridized carbons (Fsp3) is 0.455. The lowest BCUT2D eigenvalue weighted by Gasteiger charge is -2.39. The van der Waals surface area contributed by atoms with Crippen molar-refractivity contribution in [2.75, 3.05) is 19.8 Å². The molecule has 14 heavy (non-hydrogen) atoms. The average molecular weight is 194 g/mol. The largest absolute Gasteiger partial charge is 0.393 e. The van der Waals surface area contributed by atoms with Crippen LogP contribution >= 0.6 is 0 Å². The van der Waals surface area contributed by atoms with Gasteiger partial charge in [0.05, 0.1) is 26.4 Å². The van der Waals surface area contributed by atoms with Gasteiger partial charge in [0.15, 0.2) is 0 Å². The molecule has 3 nitrogen and oxygen atoms in total. The number of rotatable bonds is 4. The Labute approximate surface area is 83.3 Å². The third-order valence-corrected chi connectivity index (χ3v) is 2.41. The van der Waals surface area contributed by atoms with E-state index in [0.29, 0.717) is 19.8 Å². The van der Waals surface area contributed by atoms with Crippen molar-refractivity contribution in [3.63, 3.8) is 0 Å². The highest BCUT2D eigenvalue weighted by Crippen LogP contribution is 2.22. The summed E-state index contributed by atoms with van der Waals surface area (Å²) in [5.41, 5.74) is 0.669. The van der Waals surface area contributed by atoms with E-state index in [9.17, 15) is 0 Å². The molecule has 1 heterocycles. The summed E-state index contributed by atoms with van der Waals surface area (Å²) >= 11 is 0. The van der Waals surface area contributed by atoms with Crippen LogP contribution in [-0.4, -0.2) is 30.5 Å². The first-order valence-corrected chi connectivity index (χ1v) is 4.71. The molecule has 0 aliphatic carbocycles. The maximum Gasteiger partial charge on any atom is 0.138 e. The van der Waals surface area contributed by atoms with Crippen LogP contribution in [0.15, 0.2) is 30.3 Å². The second kappa shape index (κ2) is 4.09. The van der Waals surface area contributed by atoms with E-state index in [4.69, 9.17) is 14.6 Å². The van der Waals surface area contributed by atoms with Gasteiger partial charge in [-0.2, -0.15) is 0 Å². The van der Waals surface area contributed by atoms with Crippen molar-refractivity contribution in [3.8, 4) is 0 Å². The monoisotopic (exact) mass is 194 g/mol. The second-order valence-corrected chi connectivity index (χ2v) is 3.61. The Morgan fingerprint density at radius 1 is 1.29 bits per heavy atom. The van der Waals surface area contributed by atoms with Crippen LogP contribution in [0.3, 0.4) is 0 Å². The minimum atomic E-state index is -0.449. The fourth-order valence-corrected chi connectivity index (χ4v) is 1.36. The van der Waals surface area contributed by atoms with Gasteiger partial charge in [-0.15, -0.1) is 0 Å². The molecule has 0 atom stereocenters. The molecule has 1 aliphatic heterocycles. The van der Waals surface area contributed by atoms with Crippen LogP contribution in [-0.2, 0) is 16.1 Å². The van der Waals surface area contributed by atoms with E-state index in [1.807, 2.05) is 30.3 Å². The Kier molecular flexibility index (Phi) is 2.82. The molecule has 0 unspecified atom stereocenters. The predicted molar refractivity (Wildman–Crippen MR) is 51.9 cm³/mol. The Morgan fingerprint density at radius 2 is 2.00 bits per heavy atom. The SMILES string of the molecule is OCC1(OCc2ccccc2)COC1. The summed E-state index contributed by atoms with van der Waals surface area (Å²) in [6.45, 7) is 1.55. The highest BCUT2D eigenvalue weighted by atomic mass is 16.6. The van der Waals surface area contributed by atoms with Crippen molar-refractivity contribution in [1.29, 1.82) is 0 Å². The Balaban J connectivity index is 1.88. The Hall–Kier alpha value is -0.900. The van der Waals surface area contributed by atoms with E-state index < -0.39 is 5.60 Å². The molecule has 0 saturated carbocycles. The summed E-state index contributed by atoms with van der Waals surface area (Å²) in [7, 11) is 0. The molecule has 1 fully saturated rings. The predicted octanol–water partition coefficient (Wildman–Crippen LogP) is 0.965. The Bertz CT molecular complexity index is 274. The molecule has 1 aromatic rings. The molecule has 2 rings (SSSR count). The maximum absolute atomic E-state index is 9.11. The molecule has 0 aromatic heterocycles.